The Morgan fingerprint density at radius 1 is 1.36 bits per heavy atom. The number of aliphatic hydroxyl groups excluding tert-OH is 1. The monoisotopic (exact) mass is 305 g/mol. The Balaban J connectivity index is 1.94. The highest BCUT2D eigenvalue weighted by molar-refractivity contribution is 5.89. The Bertz CT molecular complexity index is 478. The van der Waals surface area contributed by atoms with Crippen LogP contribution < -0.4 is 11.1 Å². The number of rotatable bonds is 4. The van der Waals surface area contributed by atoms with E-state index in [9.17, 15) is 9.90 Å². The number of amides is 2. The molecular formula is C17H27N3O2. The van der Waals surface area contributed by atoms with Crippen LogP contribution in [0.4, 0.5) is 10.5 Å². The summed E-state index contributed by atoms with van der Waals surface area (Å²) in [4.78, 5) is 14.1. The van der Waals surface area contributed by atoms with Crippen LogP contribution in [-0.2, 0) is 0 Å². The summed E-state index contributed by atoms with van der Waals surface area (Å²) in [5.74, 6) is 0.479. The van der Waals surface area contributed by atoms with Gasteiger partial charge in [-0.15, -0.1) is 0 Å². The number of likely N-dealkylation sites (tertiary alicyclic amines) is 1. The van der Waals surface area contributed by atoms with E-state index in [1.165, 1.54) is 0 Å². The Morgan fingerprint density at radius 2 is 2.05 bits per heavy atom. The number of hydrogen-bond donors (Lipinski definition) is 3. The highest BCUT2D eigenvalue weighted by atomic mass is 16.3. The average Bonchev–Trinajstić information content (AvgIpc) is 2.47. The molecule has 5 nitrogen and oxygen atoms in total. The van der Waals surface area contributed by atoms with Crippen LogP contribution in [0, 0.1) is 11.8 Å². The summed E-state index contributed by atoms with van der Waals surface area (Å²) in [5.41, 5.74) is 6.88. The minimum atomic E-state index is -0.339. The number of nitrogens with two attached hydrogens (primary N) is 1. The number of piperidine rings is 1. The molecule has 22 heavy (non-hydrogen) atoms. The molecule has 1 aliphatic rings. The first kappa shape index (κ1) is 16.8. The predicted molar refractivity (Wildman–Crippen MR) is 88.6 cm³/mol. The van der Waals surface area contributed by atoms with E-state index in [1.807, 2.05) is 44.2 Å². The summed E-state index contributed by atoms with van der Waals surface area (Å²) in [6.45, 7) is 5.23. The molecule has 1 aromatic carbocycles. The summed E-state index contributed by atoms with van der Waals surface area (Å²) in [5, 5.41) is 13.0. The molecule has 3 atom stereocenters. The molecule has 2 amide bonds. The molecule has 0 saturated carbocycles. The van der Waals surface area contributed by atoms with Crippen molar-refractivity contribution in [2.24, 2.45) is 17.6 Å². The Kier molecular flexibility index (Phi) is 5.80. The van der Waals surface area contributed by atoms with Crippen molar-refractivity contribution >= 4 is 11.7 Å². The van der Waals surface area contributed by atoms with Gasteiger partial charge in [-0.2, -0.15) is 0 Å². The maximum atomic E-state index is 12.4. The van der Waals surface area contributed by atoms with Gasteiger partial charge in [0.15, 0.2) is 0 Å². The van der Waals surface area contributed by atoms with Crippen molar-refractivity contribution in [3.05, 3.63) is 30.3 Å². The van der Waals surface area contributed by atoms with Gasteiger partial charge in [-0.05, 0) is 36.8 Å². The number of nitrogens with one attached hydrogen (secondary N) is 1. The molecule has 1 aromatic rings. The molecule has 0 bridgehead atoms. The van der Waals surface area contributed by atoms with Crippen LogP contribution in [0.1, 0.15) is 26.7 Å². The molecule has 0 aromatic heterocycles. The number of hydrogen-bond acceptors (Lipinski definition) is 3. The molecule has 0 spiro atoms. The first-order chi connectivity index (χ1) is 10.5. The first-order valence-corrected chi connectivity index (χ1v) is 8.00. The summed E-state index contributed by atoms with van der Waals surface area (Å²) in [6.07, 6.45) is 1.22. The van der Waals surface area contributed by atoms with E-state index in [1.54, 1.807) is 4.90 Å². The Labute approximate surface area is 132 Å². The normalized spacial score (nSPS) is 23.4. The second kappa shape index (κ2) is 7.61. The van der Waals surface area contributed by atoms with E-state index in [-0.39, 0.29) is 30.0 Å². The van der Waals surface area contributed by atoms with Crippen LogP contribution in [0.3, 0.4) is 0 Å². The average molecular weight is 305 g/mol. The van der Waals surface area contributed by atoms with Crippen LogP contribution in [0.15, 0.2) is 30.3 Å². The smallest absolute Gasteiger partial charge is 0.321 e. The molecule has 0 aliphatic carbocycles. The van der Waals surface area contributed by atoms with Gasteiger partial charge in [0, 0.05) is 24.8 Å². The van der Waals surface area contributed by atoms with Gasteiger partial charge >= 0.3 is 6.03 Å². The number of benzene rings is 1. The van der Waals surface area contributed by atoms with Gasteiger partial charge in [0.2, 0.25) is 0 Å². The second-order valence-electron chi connectivity index (χ2n) is 6.61. The van der Waals surface area contributed by atoms with Crippen molar-refractivity contribution in [2.45, 2.75) is 38.8 Å². The van der Waals surface area contributed by atoms with Crippen molar-refractivity contribution in [1.82, 2.24) is 4.90 Å². The fraction of sp³-hybridized carbons (Fsp3) is 0.588. The third-order valence-corrected chi connectivity index (χ3v) is 4.23. The molecule has 122 valence electrons. The molecular weight excluding hydrogens is 278 g/mol. The van der Waals surface area contributed by atoms with Gasteiger partial charge in [0.1, 0.15) is 0 Å². The van der Waals surface area contributed by atoms with E-state index in [0.717, 1.165) is 12.1 Å². The summed E-state index contributed by atoms with van der Waals surface area (Å²) >= 11 is 0. The summed E-state index contributed by atoms with van der Waals surface area (Å²) < 4.78 is 0. The molecule has 2 rings (SSSR count). The maximum absolute atomic E-state index is 12.4. The number of para-hydroxylation sites is 1. The van der Waals surface area contributed by atoms with Crippen LogP contribution in [0.2, 0.25) is 0 Å². The fourth-order valence-electron chi connectivity index (χ4n) is 2.92. The molecule has 5 heteroatoms. The van der Waals surface area contributed by atoms with Gasteiger partial charge in [-0.25, -0.2) is 4.79 Å². The van der Waals surface area contributed by atoms with E-state index in [0.29, 0.717) is 19.5 Å². The van der Waals surface area contributed by atoms with E-state index in [4.69, 9.17) is 5.73 Å². The van der Waals surface area contributed by atoms with Crippen molar-refractivity contribution in [2.75, 3.05) is 18.4 Å². The number of urea groups is 1. The van der Waals surface area contributed by atoms with Crippen LogP contribution in [0.25, 0.3) is 0 Å². The minimum absolute atomic E-state index is 0.0281. The summed E-state index contributed by atoms with van der Waals surface area (Å²) in [6, 6.07) is 9.27. The summed E-state index contributed by atoms with van der Waals surface area (Å²) in [7, 11) is 0. The number of carbonyl (C=O) groups excluding carboxylic acids is 1. The van der Waals surface area contributed by atoms with Gasteiger partial charge < -0.3 is 21.1 Å². The Morgan fingerprint density at radius 3 is 2.68 bits per heavy atom. The zero-order valence-corrected chi connectivity index (χ0v) is 13.4. The lowest BCUT2D eigenvalue weighted by atomic mass is 9.87. The number of carbonyl (C=O) groups is 1. The van der Waals surface area contributed by atoms with Gasteiger partial charge in [0.25, 0.3) is 0 Å². The topological polar surface area (TPSA) is 78.6 Å². The predicted octanol–water partition coefficient (Wildman–Crippen LogP) is 2.27. The van der Waals surface area contributed by atoms with Crippen molar-refractivity contribution in [3.8, 4) is 0 Å². The van der Waals surface area contributed by atoms with Crippen LogP contribution in [-0.4, -0.2) is 41.3 Å². The lowest BCUT2D eigenvalue weighted by molar-refractivity contribution is 0.0744. The zero-order valence-electron chi connectivity index (χ0n) is 13.4. The van der Waals surface area contributed by atoms with E-state index in [2.05, 4.69) is 5.32 Å². The van der Waals surface area contributed by atoms with Crippen molar-refractivity contribution in [3.63, 3.8) is 0 Å². The molecule has 1 fully saturated rings. The number of aliphatic hydroxyl groups is 1. The molecule has 1 aliphatic heterocycles. The van der Waals surface area contributed by atoms with Crippen molar-refractivity contribution < 1.29 is 9.90 Å². The van der Waals surface area contributed by atoms with Crippen LogP contribution in [0.5, 0.6) is 0 Å². The molecule has 4 N–H and O–H groups in total. The molecule has 3 unspecified atom stereocenters. The van der Waals surface area contributed by atoms with E-state index >= 15 is 0 Å². The van der Waals surface area contributed by atoms with E-state index < -0.39 is 0 Å². The molecule has 1 saturated heterocycles. The zero-order chi connectivity index (χ0) is 16.1. The third kappa shape index (κ3) is 4.71. The number of nitrogens with zero attached hydrogens (tertiary/aromatic N) is 1. The largest absolute Gasteiger partial charge is 0.393 e. The highest BCUT2D eigenvalue weighted by Crippen LogP contribution is 2.23. The van der Waals surface area contributed by atoms with Gasteiger partial charge in [0.05, 0.1) is 6.10 Å². The van der Waals surface area contributed by atoms with Crippen LogP contribution >= 0.6 is 0 Å². The van der Waals surface area contributed by atoms with Gasteiger partial charge in [-0.1, -0.05) is 32.0 Å². The minimum Gasteiger partial charge on any atom is -0.393 e. The third-order valence-electron chi connectivity index (χ3n) is 4.23. The lowest BCUT2D eigenvalue weighted by Crippen LogP contribution is -2.51. The first-order valence-electron chi connectivity index (χ1n) is 8.00. The second-order valence-corrected chi connectivity index (χ2v) is 6.61. The quantitative estimate of drug-likeness (QED) is 0.798. The number of anilines is 1. The van der Waals surface area contributed by atoms with Crippen molar-refractivity contribution in [1.29, 1.82) is 0 Å². The van der Waals surface area contributed by atoms with Gasteiger partial charge in [-0.3, -0.25) is 0 Å². The Hall–Kier alpha value is -1.59. The highest BCUT2D eigenvalue weighted by Gasteiger charge is 2.30. The molecule has 1 heterocycles. The maximum Gasteiger partial charge on any atom is 0.321 e. The fourth-order valence-corrected chi connectivity index (χ4v) is 2.92. The standard InChI is InChI=1S/C17H27N3O2/c1-12(2)16(21)9-13-8-14(18)11-20(10-13)17(22)19-15-6-4-3-5-7-15/h3-7,12-14,16,21H,8-11,18H2,1-2H3,(H,19,22). The SMILES string of the molecule is CC(C)C(O)CC1CC(N)CN(C(=O)Nc2ccccc2)C1. The lowest BCUT2D eigenvalue weighted by Gasteiger charge is -2.37. The molecule has 0 radical (unpaired) electrons.